The monoisotopic (exact) mass is 215 g/mol. The summed E-state index contributed by atoms with van der Waals surface area (Å²) in [6.07, 6.45) is 3.79. The number of ether oxygens (including phenoxy) is 1. The van der Waals surface area contributed by atoms with Crippen LogP contribution < -0.4 is 5.32 Å². The Hall–Kier alpha value is 0.270. The van der Waals surface area contributed by atoms with Gasteiger partial charge in [-0.3, -0.25) is 0 Å². The molecule has 2 saturated heterocycles. The Morgan fingerprint density at radius 3 is 2.57 bits per heavy atom. The van der Waals surface area contributed by atoms with Crippen molar-refractivity contribution in [1.29, 1.82) is 0 Å². The average Bonchev–Trinajstić information content (AvgIpc) is 2.17. The zero-order chi connectivity index (χ0) is 9.86. The number of thioether (sulfide) groups is 1. The molecule has 0 amide bonds. The van der Waals surface area contributed by atoms with Gasteiger partial charge in [-0.2, -0.15) is 11.8 Å². The normalized spacial score (nSPS) is 27.2. The van der Waals surface area contributed by atoms with E-state index < -0.39 is 0 Å². The van der Waals surface area contributed by atoms with E-state index in [1.165, 1.54) is 37.3 Å². The average molecular weight is 215 g/mol. The number of hydrogen-bond donors (Lipinski definition) is 1. The molecule has 2 heterocycles. The molecule has 0 aliphatic carbocycles. The van der Waals surface area contributed by atoms with Gasteiger partial charge in [-0.15, -0.1) is 0 Å². The summed E-state index contributed by atoms with van der Waals surface area (Å²) in [5, 5.41) is 3.70. The second-order valence-electron chi connectivity index (χ2n) is 4.58. The Kier molecular flexibility index (Phi) is 3.74. The second-order valence-corrected chi connectivity index (χ2v) is 5.66. The van der Waals surface area contributed by atoms with Crippen LogP contribution >= 0.6 is 11.8 Å². The lowest BCUT2D eigenvalue weighted by atomic mass is 9.77. The minimum atomic E-state index is 0.540. The smallest absolute Gasteiger partial charge is 0.0471 e. The van der Waals surface area contributed by atoms with Gasteiger partial charge in [0.15, 0.2) is 0 Å². The Morgan fingerprint density at radius 1 is 1.36 bits per heavy atom. The lowest BCUT2D eigenvalue weighted by molar-refractivity contribution is 0.0120. The van der Waals surface area contributed by atoms with Crippen LogP contribution in [0.15, 0.2) is 0 Å². The third-order valence-corrected chi connectivity index (χ3v) is 4.98. The van der Waals surface area contributed by atoms with Crippen LogP contribution in [0.2, 0.25) is 0 Å². The van der Waals surface area contributed by atoms with Crippen LogP contribution in [0, 0.1) is 5.41 Å². The van der Waals surface area contributed by atoms with Gasteiger partial charge in [0.2, 0.25) is 0 Å². The Balaban J connectivity index is 1.77. The Morgan fingerprint density at radius 2 is 2.07 bits per heavy atom. The van der Waals surface area contributed by atoms with Crippen molar-refractivity contribution in [3.05, 3.63) is 0 Å². The number of rotatable bonds is 4. The predicted molar refractivity (Wildman–Crippen MR) is 61.9 cm³/mol. The van der Waals surface area contributed by atoms with Crippen molar-refractivity contribution < 1.29 is 4.74 Å². The molecule has 0 saturated carbocycles. The zero-order valence-electron chi connectivity index (χ0n) is 9.05. The molecule has 2 aliphatic heterocycles. The summed E-state index contributed by atoms with van der Waals surface area (Å²) in [5.74, 6) is 2.63. The minimum Gasteiger partial charge on any atom is -0.381 e. The summed E-state index contributed by atoms with van der Waals surface area (Å²) in [6.45, 7) is 5.46. The Labute approximate surface area is 91.2 Å². The maximum absolute atomic E-state index is 5.44. The van der Waals surface area contributed by atoms with Crippen LogP contribution in [-0.2, 0) is 4.74 Å². The van der Waals surface area contributed by atoms with E-state index in [9.17, 15) is 0 Å². The first-order chi connectivity index (χ1) is 6.85. The van der Waals surface area contributed by atoms with Crippen LogP contribution in [0.5, 0.6) is 0 Å². The van der Waals surface area contributed by atoms with Crippen molar-refractivity contribution in [3.63, 3.8) is 0 Å². The number of hydrogen-bond acceptors (Lipinski definition) is 3. The first kappa shape index (κ1) is 10.8. The molecule has 2 rings (SSSR count). The van der Waals surface area contributed by atoms with Gasteiger partial charge in [0.25, 0.3) is 0 Å². The molecule has 0 atom stereocenters. The first-order valence-electron chi connectivity index (χ1n) is 5.73. The second kappa shape index (κ2) is 4.86. The van der Waals surface area contributed by atoms with E-state index in [2.05, 4.69) is 24.0 Å². The van der Waals surface area contributed by atoms with Crippen LogP contribution in [-0.4, -0.2) is 37.3 Å². The zero-order valence-corrected chi connectivity index (χ0v) is 9.87. The summed E-state index contributed by atoms with van der Waals surface area (Å²) in [4.78, 5) is 0. The van der Waals surface area contributed by atoms with E-state index in [0.717, 1.165) is 19.3 Å². The van der Waals surface area contributed by atoms with Crippen LogP contribution in [0.25, 0.3) is 0 Å². The van der Waals surface area contributed by atoms with E-state index in [1.54, 1.807) is 0 Å². The molecule has 82 valence electrons. The summed E-state index contributed by atoms with van der Waals surface area (Å²) in [5.41, 5.74) is 0.540. The third kappa shape index (κ3) is 2.44. The molecule has 0 aromatic rings. The van der Waals surface area contributed by atoms with Crippen molar-refractivity contribution in [2.45, 2.75) is 32.2 Å². The lowest BCUT2D eigenvalue weighted by Crippen LogP contribution is -2.47. The largest absolute Gasteiger partial charge is 0.381 e. The molecule has 2 nitrogen and oxygen atoms in total. The molecule has 0 aromatic carbocycles. The van der Waals surface area contributed by atoms with Crippen molar-refractivity contribution in [2.75, 3.05) is 31.3 Å². The molecule has 3 heteroatoms. The molecule has 0 spiro atoms. The molecular formula is C11H21NOS. The number of nitrogens with one attached hydrogen (secondary N) is 1. The topological polar surface area (TPSA) is 21.3 Å². The fraction of sp³-hybridized carbons (Fsp3) is 1.00. The van der Waals surface area contributed by atoms with Gasteiger partial charge in [0, 0.05) is 37.3 Å². The fourth-order valence-corrected chi connectivity index (χ4v) is 2.88. The highest BCUT2D eigenvalue weighted by atomic mass is 32.2. The molecule has 1 N–H and O–H groups in total. The van der Waals surface area contributed by atoms with Crippen LogP contribution in [0.1, 0.15) is 26.2 Å². The van der Waals surface area contributed by atoms with E-state index in [0.29, 0.717) is 5.41 Å². The molecule has 0 radical (unpaired) electrons. The highest BCUT2D eigenvalue weighted by molar-refractivity contribution is 8.00. The highest BCUT2D eigenvalue weighted by Gasteiger charge is 2.31. The summed E-state index contributed by atoms with van der Waals surface area (Å²) < 4.78 is 5.44. The van der Waals surface area contributed by atoms with Crippen molar-refractivity contribution in [1.82, 2.24) is 5.32 Å². The van der Waals surface area contributed by atoms with Gasteiger partial charge < -0.3 is 10.1 Å². The van der Waals surface area contributed by atoms with E-state index in [4.69, 9.17) is 4.74 Å². The first-order valence-corrected chi connectivity index (χ1v) is 6.89. The van der Waals surface area contributed by atoms with E-state index >= 15 is 0 Å². The SMILES string of the molecule is CCC1(CNC2CSC2)CCOCC1. The highest BCUT2D eigenvalue weighted by Crippen LogP contribution is 2.33. The summed E-state index contributed by atoms with van der Waals surface area (Å²) in [6, 6.07) is 0.797. The Bertz CT molecular complexity index is 176. The third-order valence-electron chi connectivity index (χ3n) is 3.71. The van der Waals surface area contributed by atoms with Gasteiger partial charge in [-0.1, -0.05) is 6.92 Å². The van der Waals surface area contributed by atoms with Crippen LogP contribution in [0.4, 0.5) is 0 Å². The molecule has 0 bridgehead atoms. The molecule has 14 heavy (non-hydrogen) atoms. The maximum Gasteiger partial charge on any atom is 0.0471 e. The molecular weight excluding hydrogens is 194 g/mol. The fourth-order valence-electron chi connectivity index (χ4n) is 2.17. The molecule has 2 fully saturated rings. The van der Waals surface area contributed by atoms with Gasteiger partial charge >= 0.3 is 0 Å². The van der Waals surface area contributed by atoms with Crippen molar-refractivity contribution >= 4 is 11.8 Å². The van der Waals surface area contributed by atoms with E-state index in [-0.39, 0.29) is 0 Å². The van der Waals surface area contributed by atoms with Gasteiger partial charge in [-0.25, -0.2) is 0 Å². The van der Waals surface area contributed by atoms with Gasteiger partial charge in [-0.05, 0) is 24.7 Å². The standard InChI is InChI=1S/C11H21NOS/c1-2-11(3-5-13-6-4-11)9-12-10-7-14-8-10/h10,12H,2-9H2,1H3. The van der Waals surface area contributed by atoms with Crippen molar-refractivity contribution in [2.24, 2.45) is 5.41 Å². The van der Waals surface area contributed by atoms with E-state index in [1.807, 2.05) is 0 Å². The molecule has 0 unspecified atom stereocenters. The van der Waals surface area contributed by atoms with Gasteiger partial charge in [0.1, 0.15) is 0 Å². The maximum atomic E-state index is 5.44. The minimum absolute atomic E-state index is 0.540. The lowest BCUT2D eigenvalue weighted by Gasteiger charge is -2.39. The summed E-state index contributed by atoms with van der Waals surface area (Å²) >= 11 is 2.05. The quantitative estimate of drug-likeness (QED) is 0.774. The van der Waals surface area contributed by atoms with Crippen LogP contribution in [0.3, 0.4) is 0 Å². The molecule has 2 aliphatic rings. The predicted octanol–water partition coefficient (Wildman–Crippen LogP) is 1.90. The molecule has 0 aromatic heterocycles. The van der Waals surface area contributed by atoms with Gasteiger partial charge in [0.05, 0.1) is 0 Å². The van der Waals surface area contributed by atoms with Crippen molar-refractivity contribution in [3.8, 4) is 0 Å². The summed E-state index contributed by atoms with van der Waals surface area (Å²) in [7, 11) is 0.